The maximum atomic E-state index is 11.2. The van der Waals surface area contributed by atoms with Crippen LogP contribution in [-0.4, -0.2) is 23.7 Å². The molecule has 0 bridgehead atoms. The fourth-order valence-corrected chi connectivity index (χ4v) is 1.34. The van der Waals surface area contributed by atoms with Gasteiger partial charge in [-0.25, -0.2) is 9.78 Å². The van der Waals surface area contributed by atoms with Gasteiger partial charge in [0, 0.05) is 0 Å². The van der Waals surface area contributed by atoms with Crippen LogP contribution >= 0.6 is 23.2 Å². The van der Waals surface area contributed by atoms with E-state index in [2.05, 4.69) is 4.98 Å². The largest absolute Gasteiger partial charge is 0.479 e. The van der Waals surface area contributed by atoms with Gasteiger partial charge < -0.3 is 9.47 Å². The number of rotatable bonds is 4. The van der Waals surface area contributed by atoms with E-state index in [1.807, 2.05) is 0 Å². The third-order valence-corrected chi connectivity index (χ3v) is 1.97. The molecule has 0 aliphatic heterocycles. The lowest BCUT2D eigenvalue weighted by atomic mass is 10.4. The number of hydrogen-bond acceptors (Lipinski definition) is 4. The number of esters is 1. The minimum atomic E-state index is -0.457. The second-order valence-electron chi connectivity index (χ2n) is 3.25. The lowest BCUT2D eigenvalue weighted by Gasteiger charge is -2.09. The molecule has 1 heterocycles. The maximum Gasteiger partial charge on any atom is 0.344 e. The van der Waals surface area contributed by atoms with Crippen molar-refractivity contribution < 1.29 is 14.3 Å². The molecule has 0 N–H and O–H groups in total. The fraction of sp³-hybridized carbons (Fsp3) is 0.400. The van der Waals surface area contributed by atoms with Gasteiger partial charge in [0.1, 0.15) is 5.15 Å². The first kappa shape index (κ1) is 13.1. The molecule has 1 rings (SSSR count). The van der Waals surface area contributed by atoms with E-state index in [1.54, 1.807) is 19.9 Å². The summed E-state index contributed by atoms with van der Waals surface area (Å²) in [4.78, 5) is 14.9. The molecule has 88 valence electrons. The molecule has 6 heteroatoms. The zero-order valence-electron chi connectivity index (χ0n) is 8.87. The Morgan fingerprint density at radius 1 is 1.44 bits per heavy atom. The summed E-state index contributed by atoms with van der Waals surface area (Å²) < 4.78 is 10.0. The average Bonchev–Trinajstić information content (AvgIpc) is 2.15. The van der Waals surface area contributed by atoms with Gasteiger partial charge in [0.25, 0.3) is 0 Å². The monoisotopic (exact) mass is 263 g/mol. The normalized spacial score (nSPS) is 10.3. The Labute approximate surface area is 103 Å². The Hall–Kier alpha value is -1.00. The Morgan fingerprint density at radius 3 is 2.69 bits per heavy atom. The van der Waals surface area contributed by atoms with Crippen LogP contribution in [0.15, 0.2) is 12.1 Å². The van der Waals surface area contributed by atoms with Crippen LogP contribution in [0.1, 0.15) is 13.8 Å². The van der Waals surface area contributed by atoms with Crippen LogP contribution in [0.2, 0.25) is 10.3 Å². The molecule has 0 amide bonds. The molecule has 0 saturated carbocycles. The predicted octanol–water partition coefficient (Wildman–Crippen LogP) is 2.72. The van der Waals surface area contributed by atoms with Gasteiger partial charge in [0.05, 0.1) is 6.10 Å². The molecule has 1 aromatic rings. The lowest BCUT2D eigenvalue weighted by molar-refractivity contribution is -0.149. The van der Waals surface area contributed by atoms with Crippen molar-refractivity contribution in [2.45, 2.75) is 20.0 Å². The van der Waals surface area contributed by atoms with Gasteiger partial charge in [0.2, 0.25) is 0 Å². The van der Waals surface area contributed by atoms with Crippen molar-refractivity contribution in [3.8, 4) is 5.75 Å². The van der Waals surface area contributed by atoms with E-state index >= 15 is 0 Å². The number of ether oxygens (including phenoxy) is 2. The van der Waals surface area contributed by atoms with E-state index in [1.165, 1.54) is 6.07 Å². The van der Waals surface area contributed by atoms with Crippen LogP contribution in [0, 0.1) is 0 Å². The Bertz CT molecular complexity index is 382. The van der Waals surface area contributed by atoms with E-state index in [0.29, 0.717) is 5.75 Å². The van der Waals surface area contributed by atoms with Gasteiger partial charge in [0.15, 0.2) is 17.5 Å². The Balaban J connectivity index is 2.51. The predicted molar refractivity (Wildman–Crippen MR) is 61.0 cm³/mol. The van der Waals surface area contributed by atoms with Crippen LogP contribution in [0.25, 0.3) is 0 Å². The molecule has 0 spiro atoms. The van der Waals surface area contributed by atoms with Crippen molar-refractivity contribution in [1.82, 2.24) is 4.98 Å². The molecule has 0 unspecified atom stereocenters. The number of aromatic nitrogens is 1. The molecule has 16 heavy (non-hydrogen) atoms. The van der Waals surface area contributed by atoms with E-state index in [4.69, 9.17) is 32.7 Å². The van der Waals surface area contributed by atoms with Crippen LogP contribution in [-0.2, 0) is 9.53 Å². The lowest BCUT2D eigenvalue weighted by Crippen LogP contribution is -2.18. The van der Waals surface area contributed by atoms with Crippen LogP contribution in [0.5, 0.6) is 5.75 Å². The molecule has 0 aliphatic rings. The summed E-state index contributed by atoms with van der Waals surface area (Å²) in [5.41, 5.74) is 0. The molecular formula is C10H11Cl2NO3. The number of carbonyl (C=O) groups excluding carboxylic acids is 1. The van der Waals surface area contributed by atoms with Gasteiger partial charge in [-0.05, 0) is 26.0 Å². The van der Waals surface area contributed by atoms with E-state index < -0.39 is 5.97 Å². The summed E-state index contributed by atoms with van der Waals surface area (Å²) >= 11 is 11.4. The molecule has 0 aromatic carbocycles. The minimum Gasteiger partial charge on any atom is -0.479 e. The average molecular weight is 264 g/mol. The third-order valence-electron chi connectivity index (χ3n) is 1.49. The smallest absolute Gasteiger partial charge is 0.344 e. The highest BCUT2D eigenvalue weighted by molar-refractivity contribution is 6.33. The minimum absolute atomic E-state index is 0.116. The van der Waals surface area contributed by atoms with Gasteiger partial charge in [-0.15, -0.1) is 0 Å². The molecule has 0 atom stereocenters. The molecule has 0 aliphatic carbocycles. The SMILES string of the molecule is CC(C)OC(=O)COc1ccc(Cl)nc1Cl. The van der Waals surface area contributed by atoms with E-state index in [-0.39, 0.29) is 23.0 Å². The van der Waals surface area contributed by atoms with Crippen molar-refractivity contribution in [2.75, 3.05) is 6.61 Å². The Morgan fingerprint density at radius 2 is 2.12 bits per heavy atom. The molecule has 0 radical (unpaired) electrons. The van der Waals surface area contributed by atoms with Crippen molar-refractivity contribution in [3.05, 3.63) is 22.4 Å². The number of nitrogens with zero attached hydrogens (tertiary/aromatic N) is 1. The van der Waals surface area contributed by atoms with Crippen molar-refractivity contribution in [1.29, 1.82) is 0 Å². The summed E-state index contributed by atoms with van der Waals surface area (Å²) in [6.07, 6.45) is -0.171. The zero-order valence-corrected chi connectivity index (χ0v) is 10.4. The van der Waals surface area contributed by atoms with Crippen molar-refractivity contribution in [2.24, 2.45) is 0 Å². The summed E-state index contributed by atoms with van der Waals surface area (Å²) in [5, 5.41) is 0.381. The van der Waals surface area contributed by atoms with Crippen molar-refractivity contribution in [3.63, 3.8) is 0 Å². The highest BCUT2D eigenvalue weighted by Gasteiger charge is 2.09. The van der Waals surface area contributed by atoms with Gasteiger partial charge in [-0.3, -0.25) is 0 Å². The van der Waals surface area contributed by atoms with Crippen LogP contribution in [0.3, 0.4) is 0 Å². The van der Waals surface area contributed by atoms with Gasteiger partial charge >= 0.3 is 5.97 Å². The standard InChI is InChI=1S/C10H11Cl2NO3/c1-6(2)16-9(14)5-15-7-3-4-8(11)13-10(7)12/h3-4,6H,5H2,1-2H3. The molecular weight excluding hydrogens is 253 g/mol. The summed E-state index contributed by atoms with van der Waals surface area (Å²) in [6.45, 7) is 3.31. The maximum absolute atomic E-state index is 11.2. The number of halogens is 2. The van der Waals surface area contributed by atoms with Crippen LogP contribution in [0.4, 0.5) is 0 Å². The quantitative estimate of drug-likeness (QED) is 0.619. The number of pyridine rings is 1. The molecule has 1 aromatic heterocycles. The zero-order chi connectivity index (χ0) is 12.1. The first-order valence-corrected chi connectivity index (χ1v) is 5.39. The van der Waals surface area contributed by atoms with Crippen molar-refractivity contribution >= 4 is 29.2 Å². The number of hydrogen-bond donors (Lipinski definition) is 0. The first-order chi connectivity index (χ1) is 7.49. The summed E-state index contributed by atoms with van der Waals surface area (Å²) in [6, 6.07) is 3.07. The van der Waals surface area contributed by atoms with E-state index in [0.717, 1.165) is 0 Å². The molecule has 0 fully saturated rings. The summed E-state index contributed by atoms with van der Waals surface area (Å²) in [5.74, 6) is -0.159. The van der Waals surface area contributed by atoms with Gasteiger partial charge in [-0.1, -0.05) is 23.2 Å². The summed E-state index contributed by atoms with van der Waals surface area (Å²) in [7, 11) is 0. The van der Waals surface area contributed by atoms with E-state index in [9.17, 15) is 4.79 Å². The Kier molecular flexibility index (Phi) is 4.83. The highest BCUT2D eigenvalue weighted by atomic mass is 35.5. The first-order valence-electron chi connectivity index (χ1n) is 4.63. The number of carbonyl (C=O) groups is 1. The molecule has 4 nitrogen and oxygen atoms in total. The second kappa shape index (κ2) is 5.92. The highest BCUT2D eigenvalue weighted by Crippen LogP contribution is 2.23. The fourth-order valence-electron chi connectivity index (χ4n) is 0.941. The molecule has 0 saturated heterocycles. The second-order valence-corrected chi connectivity index (χ2v) is 4.00. The third kappa shape index (κ3) is 4.24. The van der Waals surface area contributed by atoms with Crippen LogP contribution < -0.4 is 4.74 Å². The van der Waals surface area contributed by atoms with Gasteiger partial charge in [-0.2, -0.15) is 0 Å². The topological polar surface area (TPSA) is 48.4 Å².